The van der Waals surface area contributed by atoms with Crippen LogP contribution in [0.2, 0.25) is 0 Å². The molecule has 1 atom stereocenters. The van der Waals surface area contributed by atoms with Crippen molar-refractivity contribution < 1.29 is 18.8 Å². The highest BCUT2D eigenvalue weighted by molar-refractivity contribution is 6.62. The van der Waals surface area contributed by atoms with E-state index < -0.39 is 18.3 Å². The van der Waals surface area contributed by atoms with Crippen LogP contribution in [-0.4, -0.2) is 42.3 Å². The highest BCUT2D eigenvalue weighted by Gasteiger charge is 2.51. The summed E-state index contributed by atoms with van der Waals surface area (Å²) in [6, 6.07) is 1.95. The predicted molar refractivity (Wildman–Crippen MR) is 83.1 cm³/mol. The molecule has 2 saturated heterocycles. The first-order valence-electron chi connectivity index (χ1n) is 7.71. The van der Waals surface area contributed by atoms with Crippen molar-refractivity contribution in [3.63, 3.8) is 0 Å². The summed E-state index contributed by atoms with van der Waals surface area (Å²) in [5.41, 5.74) is 0.931. The van der Waals surface area contributed by atoms with E-state index in [0.717, 1.165) is 11.0 Å². The average molecular weight is 303 g/mol. The molecule has 22 heavy (non-hydrogen) atoms. The maximum Gasteiger partial charge on any atom is 0.496 e. The first kappa shape index (κ1) is 15.7. The first-order valence-corrected chi connectivity index (χ1v) is 7.71. The fraction of sp³-hybridized carbons (Fsp3) is 0.625. The zero-order valence-corrected chi connectivity index (χ0v) is 13.6. The Morgan fingerprint density at radius 1 is 1.18 bits per heavy atom. The predicted octanol–water partition coefficient (Wildman–Crippen LogP) is 1.45. The lowest BCUT2D eigenvalue weighted by atomic mass is 9.78. The second-order valence-corrected chi connectivity index (χ2v) is 6.98. The van der Waals surface area contributed by atoms with Gasteiger partial charge < -0.3 is 14.0 Å². The molecule has 0 amide bonds. The topological polar surface area (TPSA) is 57.7 Å². The van der Waals surface area contributed by atoms with E-state index in [9.17, 15) is 4.79 Å². The standard InChI is InChI=1S/C16H22BNO4/c1-15(2)16(3,4)22-17(21-15)12-7-11(8-18-9-12)13-10-20-6-5-14(13)19/h7-9,13H,5-6,10H2,1-4H3. The zero-order valence-electron chi connectivity index (χ0n) is 13.6. The monoisotopic (exact) mass is 303 g/mol. The molecule has 0 bridgehead atoms. The van der Waals surface area contributed by atoms with Crippen molar-refractivity contribution >= 4 is 18.4 Å². The van der Waals surface area contributed by atoms with Gasteiger partial charge in [-0.2, -0.15) is 0 Å². The van der Waals surface area contributed by atoms with Crippen molar-refractivity contribution in [1.82, 2.24) is 4.98 Å². The molecule has 0 aliphatic carbocycles. The summed E-state index contributed by atoms with van der Waals surface area (Å²) < 4.78 is 17.5. The van der Waals surface area contributed by atoms with Gasteiger partial charge in [-0.05, 0) is 33.3 Å². The molecule has 2 aliphatic heterocycles. The zero-order chi connectivity index (χ0) is 16.0. The van der Waals surface area contributed by atoms with Crippen LogP contribution in [0, 0.1) is 0 Å². The lowest BCUT2D eigenvalue weighted by Crippen LogP contribution is -2.41. The van der Waals surface area contributed by atoms with Crippen molar-refractivity contribution in [3.05, 3.63) is 24.0 Å². The minimum atomic E-state index is -0.461. The molecule has 0 radical (unpaired) electrons. The first-order chi connectivity index (χ1) is 10.3. The van der Waals surface area contributed by atoms with Crippen LogP contribution in [0.25, 0.3) is 0 Å². The molecule has 2 aliphatic rings. The maximum absolute atomic E-state index is 12.1. The lowest BCUT2D eigenvalue weighted by molar-refractivity contribution is -0.126. The van der Waals surface area contributed by atoms with Gasteiger partial charge in [0.25, 0.3) is 0 Å². The molecule has 5 nitrogen and oxygen atoms in total. The number of pyridine rings is 1. The van der Waals surface area contributed by atoms with E-state index in [4.69, 9.17) is 14.0 Å². The van der Waals surface area contributed by atoms with Gasteiger partial charge in [-0.3, -0.25) is 9.78 Å². The van der Waals surface area contributed by atoms with Gasteiger partial charge in [0.05, 0.1) is 30.3 Å². The van der Waals surface area contributed by atoms with Gasteiger partial charge in [-0.25, -0.2) is 0 Å². The molecule has 3 rings (SSSR count). The quantitative estimate of drug-likeness (QED) is 0.774. The molecule has 3 heterocycles. The highest BCUT2D eigenvalue weighted by atomic mass is 16.7. The SMILES string of the molecule is CC1(C)OB(c2cncc(C3COCCC3=O)c2)OC1(C)C. The molecule has 1 aromatic heterocycles. The van der Waals surface area contributed by atoms with Gasteiger partial charge in [0.1, 0.15) is 5.78 Å². The van der Waals surface area contributed by atoms with Gasteiger partial charge in [0, 0.05) is 24.3 Å². The summed E-state index contributed by atoms with van der Waals surface area (Å²) in [7, 11) is -0.461. The number of nitrogens with zero attached hydrogens (tertiary/aromatic N) is 1. The summed E-state index contributed by atoms with van der Waals surface area (Å²) in [5, 5.41) is 0. The Morgan fingerprint density at radius 2 is 1.86 bits per heavy atom. The van der Waals surface area contributed by atoms with E-state index in [-0.39, 0.29) is 11.7 Å². The number of ether oxygens (including phenoxy) is 1. The Morgan fingerprint density at radius 3 is 2.50 bits per heavy atom. The minimum Gasteiger partial charge on any atom is -0.399 e. The fourth-order valence-electron chi connectivity index (χ4n) is 2.70. The summed E-state index contributed by atoms with van der Waals surface area (Å²) >= 11 is 0. The van der Waals surface area contributed by atoms with E-state index in [1.165, 1.54) is 0 Å². The summed E-state index contributed by atoms with van der Waals surface area (Å²) in [5.74, 6) is -0.0252. The molecule has 1 aromatic rings. The van der Waals surface area contributed by atoms with Gasteiger partial charge in [0.15, 0.2) is 0 Å². The van der Waals surface area contributed by atoms with Crippen molar-refractivity contribution in [2.75, 3.05) is 13.2 Å². The largest absolute Gasteiger partial charge is 0.496 e. The second-order valence-electron chi connectivity index (χ2n) is 6.98. The average Bonchev–Trinajstić information content (AvgIpc) is 2.68. The van der Waals surface area contributed by atoms with Crippen LogP contribution < -0.4 is 5.46 Å². The maximum atomic E-state index is 12.1. The van der Waals surface area contributed by atoms with Crippen LogP contribution in [0.1, 0.15) is 45.6 Å². The third-order valence-electron chi connectivity index (χ3n) is 4.87. The van der Waals surface area contributed by atoms with Gasteiger partial charge in [-0.15, -0.1) is 0 Å². The lowest BCUT2D eigenvalue weighted by Gasteiger charge is -2.32. The molecule has 0 spiro atoms. The van der Waals surface area contributed by atoms with Crippen LogP contribution in [0.4, 0.5) is 0 Å². The molecular weight excluding hydrogens is 281 g/mol. The van der Waals surface area contributed by atoms with Crippen molar-refractivity contribution in [2.24, 2.45) is 0 Å². The third kappa shape index (κ3) is 2.71. The van der Waals surface area contributed by atoms with E-state index in [1.54, 1.807) is 12.4 Å². The molecule has 118 valence electrons. The molecule has 0 N–H and O–H groups in total. The summed E-state index contributed by atoms with van der Waals surface area (Å²) in [6.45, 7) is 9.00. The number of carbonyl (C=O) groups is 1. The Bertz CT molecular complexity index is 571. The Balaban J connectivity index is 1.85. The van der Waals surface area contributed by atoms with Gasteiger partial charge in [0.2, 0.25) is 0 Å². The van der Waals surface area contributed by atoms with Crippen LogP contribution in [0.15, 0.2) is 18.5 Å². The second kappa shape index (κ2) is 5.44. The molecule has 0 saturated carbocycles. The third-order valence-corrected chi connectivity index (χ3v) is 4.87. The van der Waals surface area contributed by atoms with Crippen LogP contribution in [-0.2, 0) is 18.8 Å². The number of Topliss-reactive ketones (excluding diaryl/α,β-unsaturated/α-hetero) is 1. The number of rotatable bonds is 2. The van der Waals surface area contributed by atoms with E-state index in [2.05, 4.69) is 4.98 Å². The number of ketones is 1. The molecular formula is C16H22BNO4. The van der Waals surface area contributed by atoms with Crippen molar-refractivity contribution in [1.29, 1.82) is 0 Å². The Hall–Kier alpha value is -1.24. The smallest absolute Gasteiger partial charge is 0.399 e. The summed E-state index contributed by atoms with van der Waals surface area (Å²) in [4.78, 5) is 16.3. The Kier molecular flexibility index (Phi) is 3.87. The number of aromatic nitrogens is 1. The number of carbonyl (C=O) groups excluding carboxylic acids is 1. The number of hydrogen-bond donors (Lipinski definition) is 0. The van der Waals surface area contributed by atoms with Crippen LogP contribution in [0.3, 0.4) is 0 Å². The van der Waals surface area contributed by atoms with Crippen molar-refractivity contribution in [2.45, 2.75) is 51.2 Å². The van der Waals surface area contributed by atoms with Crippen LogP contribution in [0.5, 0.6) is 0 Å². The highest BCUT2D eigenvalue weighted by Crippen LogP contribution is 2.36. The van der Waals surface area contributed by atoms with Gasteiger partial charge in [-0.1, -0.05) is 6.07 Å². The summed E-state index contributed by atoms with van der Waals surface area (Å²) in [6.07, 6.45) is 3.93. The van der Waals surface area contributed by atoms with Gasteiger partial charge >= 0.3 is 7.12 Å². The van der Waals surface area contributed by atoms with E-state index in [0.29, 0.717) is 19.6 Å². The molecule has 2 fully saturated rings. The molecule has 6 heteroatoms. The van der Waals surface area contributed by atoms with E-state index in [1.807, 2.05) is 33.8 Å². The van der Waals surface area contributed by atoms with Crippen molar-refractivity contribution in [3.8, 4) is 0 Å². The Labute approximate surface area is 131 Å². The number of hydrogen-bond acceptors (Lipinski definition) is 5. The van der Waals surface area contributed by atoms with E-state index >= 15 is 0 Å². The minimum absolute atomic E-state index is 0.208. The molecule has 0 aromatic carbocycles. The normalized spacial score (nSPS) is 27.2. The molecule has 1 unspecified atom stereocenters. The fourth-order valence-corrected chi connectivity index (χ4v) is 2.70. The van der Waals surface area contributed by atoms with Crippen LogP contribution >= 0.6 is 0 Å².